The largest absolute Gasteiger partial charge is 0.453 e. The summed E-state index contributed by atoms with van der Waals surface area (Å²) in [6.45, 7) is 7.90. The van der Waals surface area contributed by atoms with Crippen molar-refractivity contribution in [2.75, 3.05) is 32.1 Å². The predicted molar refractivity (Wildman–Crippen MR) is 140 cm³/mol. The fourth-order valence-electron chi connectivity index (χ4n) is 4.19. The molecule has 11 heteroatoms. The smallest absolute Gasteiger partial charge is 0.409 e. The van der Waals surface area contributed by atoms with Crippen molar-refractivity contribution in [2.24, 2.45) is 5.73 Å². The maximum atomic E-state index is 13.1. The number of methoxy groups -OCH3 is 1. The van der Waals surface area contributed by atoms with Crippen LogP contribution >= 0.6 is 11.3 Å². The van der Waals surface area contributed by atoms with Crippen LogP contribution in [0.4, 0.5) is 9.93 Å². The van der Waals surface area contributed by atoms with Crippen molar-refractivity contribution in [2.45, 2.75) is 70.4 Å². The van der Waals surface area contributed by atoms with Crippen LogP contribution in [0.25, 0.3) is 0 Å². The van der Waals surface area contributed by atoms with Gasteiger partial charge in [-0.3, -0.25) is 9.59 Å². The third-order valence-corrected chi connectivity index (χ3v) is 7.10. The van der Waals surface area contributed by atoms with E-state index in [0.717, 1.165) is 25.0 Å². The zero-order valence-electron chi connectivity index (χ0n) is 21.6. The van der Waals surface area contributed by atoms with E-state index in [-0.39, 0.29) is 29.4 Å². The molecule has 3 heterocycles. The highest BCUT2D eigenvalue weighted by Crippen LogP contribution is 2.30. The molecular weight excluding hydrogens is 480 g/mol. The molecule has 36 heavy (non-hydrogen) atoms. The van der Waals surface area contributed by atoms with Crippen LogP contribution in [0.5, 0.6) is 0 Å². The maximum Gasteiger partial charge on any atom is 0.409 e. The van der Waals surface area contributed by atoms with E-state index < -0.39 is 6.04 Å². The molecule has 1 aliphatic heterocycles. The molecule has 0 saturated carbocycles. The standard InChI is InChI=1S/C25H38N6O4S/c1-25(2,3)31-13-10-18(15-31)21(32)27-19(9-5-6-11-26)22(33)29-23-28-20(16-36-23)17-8-7-12-30(14-17)24(34)35-4/h10,13,15-17,19H,5-9,11-12,14,26H2,1-4H3,(H,27,32)(H,28,29,33). The number of nitrogens with two attached hydrogens (primary N) is 1. The van der Waals surface area contributed by atoms with Gasteiger partial charge < -0.3 is 30.6 Å². The second-order valence-electron chi connectivity index (χ2n) is 10.1. The van der Waals surface area contributed by atoms with Gasteiger partial charge in [-0.25, -0.2) is 9.78 Å². The Morgan fingerprint density at radius 3 is 2.75 bits per heavy atom. The summed E-state index contributed by atoms with van der Waals surface area (Å²) in [6, 6.07) is 1.04. The van der Waals surface area contributed by atoms with Crippen LogP contribution in [0.3, 0.4) is 0 Å². The number of likely N-dealkylation sites (tertiary alicyclic amines) is 1. The molecule has 0 radical (unpaired) electrons. The molecule has 3 rings (SSSR count). The average Bonchev–Trinajstić information content (AvgIpc) is 3.53. The number of amides is 3. The number of anilines is 1. The maximum absolute atomic E-state index is 13.1. The molecule has 198 valence electrons. The second-order valence-corrected chi connectivity index (χ2v) is 11.0. The number of rotatable bonds is 9. The van der Waals surface area contributed by atoms with E-state index in [1.165, 1.54) is 18.4 Å². The minimum atomic E-state index is -0.709. The zero-order valence-corrected chi connectivity index (χ0v) is 22.4. The van der Waals surface area contributed by atoms with Crippen LogP contribution in [-0.4, -0.2) is 65.1 Å². The van der Waals surface area contributed by atoms with Crippen molar-refractivity contribution >= 4 is 34.4 Å². The van der Waals surface area contributed by atoms with Crippen LogP contribution < -0.4 is 16.4 Å². The third-order valence-electron chi connectivity index (χ3n) is 6.32. The Balaban J connectivity index is 1.65. The van der Waals surface area contributed by atoms with Crippen molar-refractivity contribution in [1.29, 1.82) is 0 Å². The fourth-order valence-corrected chi connectivity index (χ4v) is 4.98. The number of piperidine rings is 1. The molecule has 0 bridgehead atoms. The van der Waals surface area contributed by atoms with Gasteiger partial charge in [-0.05, 0) is 65.5 Å². The van der Waals surface area contributed by atoms with Gasteiger partial charge in [0.1, 0.15) is 6.04 Å². The summed E-state index contributed by atoms with van der Waals surface area (Å²) in [5.41, 5.74) is 6.83. The van der Waals surface area contributed by atoms with Gasteiger partial charge in [-0.2, -0.15) is 0 Å². The number of carbonyl (C=O) groups excluding carboxylic acids is 3. The van der Waals surface area contributed by atoms with Crippen LogP contribution in [0.15, 0.2) is 23.8 Å². The summed E-state index contributed by atoms with van der Waals surface area (Å²) in [5, 5.41) is 8.15. The van der Waals surface area contributed by atoms with Crippen molar-refractivity contribution < 1.29 is 19.1 Å². The first-order valence-electron chi connectivity index (χ1n) is 12.4. The molecule has 10 nitrogen and oxygen atoms in total. The number of thiazole rings is 1. The minimum absolute atomic E-state index is 0.0895. The lowest BCUT2D eigenvalue weighted by Gasteiger charge is -2.30. The first-order valence-corrected chi connectivity index (χ1v) is 13.3. The lowest BCUT2D eigenvalue weighted by molar-refractivity contribution is -0.118. The number of ether oxygens (including phenoxy) is 1. The minimum Gasteiger partial charge on any atom is -0.453 e. The summed E-state index contributed by atoms with van der Waals surface area (Å²) in [6.07, 6.45) is 7.05. The van der Waals surface area contributed by atoms with Gasteiger partial charge in [0.25, 0.3) is 5.91 Å². The van der Waals surface area contributed by atoms with E-state index in [4.69, 9.17) is 10.5 Å². The molecule has 1 aliphatic rings. The van der Waals surface area contributed by atoms with E-state index in [1.807, 2.05) is 16.1 Å². The lowest BCUT2D eigenvalue weighted by Crippen LogP contribution is -2.43. The summed E-state index contributed by atoms with van der Waals surface area (Å²) >= 11 is 1.34. The number of unbranched alkanes of at least 4 members (excludes halogenated alkanes) is 1. The third kappa shape index (κ3) is 7.30. The Hall–Kier alpha value is -2.92. The zero-order chi connectivity index (χ0) is 26.3. The first kappa shape index (κ1) is 27.7. The Bertz CT molecular complexity index is 1040. The van der Waals surface area contributed by atoms with E-state index >= 15 is 0 Å². The highest BCUT2D eigenvalue weighted by molar-refractivity contribution is 7.13. The van der Waals surface area contributed by atoms with Gasteiger partial charge in [-0.1, -0.05) is 0 Å². The number of aromatic nitrogens is 2. The van der Waals surface area contributed by atoms with Crippen LogP contribution in [-0.2, 0) is 15.1 Å². The van der Waals surface area contributed by atoms with E-state index in [2.05, 4.69) is 36.4 Å². The number of hydrogen-bond acceptors (Lipinski definition) is 7. The summed E-state index contributed by atoms with van der Waals surface area (Å²) in [5.74, 6) is -0.515. The van der Waals surface area contributed by atoms with Gasteiger partial charge in [0.05, 0.1) is 18.4 Å². The van der Waals surface area contributed by atoms with Crippen LogP contribution in [0, 0.1) is 0 Å². The quantitative estimate of drug-likeness (QED) is 0.435. The molecule has 0 aromatic carbocycles. The Kier molecular flexibility index (Phi) is 9.49. The molecular formula is C25H38N6O4S. The monoisotopic (exact) mass is 518 g/mol. The van der Waals surface area contributed by atoms with Gasteiger partial charge in [-0.15, -0.1) is 11.3 Å². The van der Waals surface area contributed by atoms with Crippen molar-refractivity contribution in [3.63, 3.8) is 0 Å². The van der Waals surface area contributed by atoms with Gasteiger partial charge in [0.2, 0.25) is 5.91 Å². The topological polar surface area (TPSA) is 132 Å². The summed E-state index contributed by atoms with van der Waals surface area (Å²) in [4.78, 5) is 44.3. The van der Waals surface area contributed by atoms with Crippen molar-refractivity contribution in [3.8, 4) is 0 Å². The van der Waals surface area contributed by atoms with Crippen LogP contribution in [0.1, 0.15) is 74.8 Å². The average molecular weight is 519 g/mol. The fraction of sp³-hybridized carbons (Fsp3) is 0.600. The molecule has 4 N–H and O–H groups in total. The molecule has 2 aromatic heterocycles. The molecule has 0 aliphatic carbocycles. The lowest BCUT2D eigenvalue weighted by atomic mass is 9.96. The molecule has 0 spiro atoms. The van der Waals surface area contributed by atoms with Gasteiger partial charge in [0, 0.05) is 42.3 Å². The first-order chi connectivity index (χ1) is 17.1. The highest BCUT2D eigenvalue weighted by Gasteiger charge is 2.28. The summed E-state index contributed by atoms with van der Waals surface area (Å²) in [7, 11) is 1.38. The molecule has 1 saturated heterocycles. The highest BCUT2D eigenvalue weighted by atomic mass is 32.1. The normalized spacial score (nSPS) is 16.9. The Morgan fingerprint density at radius 2 is 2.08 bits per heavy atom. The SMILES string of the molecule is COC(=O)N1CCCC(c2csc(NC(=O)C(CCCCN)NC(=O)c3ccn(C(C)(C)C)c3)n2)C1. The number of nitrogens with one attached hydrogen (secondary N) is 2. The number of nitrogens with zero attached hydrogens (tertiary/aromatic N) is 3. The number of hydrogen-bond donors (Lipinski definition) is 3. The molecule has 1 fully saturated rings. The van der Waals surface area contributed by atoms with Crippen molar-refractivity contribution in [3.05, 3.63) is 35.1 Å². The predicted octanol–water partition coefficient (Wildman–Crippen LogP) is 3.51. The molecule has 3 amide bonds. The molecule has 2 unspecified atom stereocenters. The molecule has 2 atom stereocenters. The van der Waals surface area contributed by atoms with E-state index in [1.54, 1.807) is 17.2 Å². The Morgan fingerprint density at radius 1 is 1.31 bits per heavy atom. The van der Waals surface area contributed by atoms with Gasteiger partial charge in [0.15, 0.2) is 5.13 Å². The van der Waals surface area contributed by atoms with Crippen molar-refractivity contribution in [1.82, 2.24) is 19.8 Å². The van der Waals surface area contributed by atoms with Crippen LogP contribution in [0.2, 0.25) is 0 Å². The van der Waals surface area contributed by atoms with Gasteiger partial charge >= 0.3 is 6.09 Å². The van der Waals surface area contributed by atoms with E-state index in [9.17, 15) is 14.4 Å². The summed E-state index contributed by atoms with van der Waals surface area (Å²) < 4.78 is 6.82. The second kappa shape index (κ2) is 12.4. The number of carbonyl (C=O) groups is 3. The van der Waals surface area contributed by atoms with E-state index in [0.29, 0.717) is 43.2 Å². The molecule has 2 aromatic rings. The Labute approximate surface area is 216 Å².